The Balaban J connectivity index is 1.47. The largest absolute Gasteiger partial charge is 0.459 e. The lowest BCUT2D eigenvalue weighted by atomic mass is 10.1. The van der Waals surface area contributed by atoms with E-state index in [2.05, 4.69) is 20.8 Å². The van der Waals surface area contributed by atoms with Crippen molar-refractivity contribution in [3.63, 3.8) is 0 Å². The fourth-order valence-electron chi connectivity index (χ4n) is 2.94. The highest BCUT2D eigenvalue weighted by Crippen LogP contribution is 2.17. The number of carbonyl (C=O) groups excluding carboxylic acids is 2. The molecule has 29 heavy (non-hydrogen) atoms. The van der Waals surface area contributed by atoms with E-state index in [1.165, 1.54) is 6.26 Å². The Morgan fingerprint density at radius 3 is 2.69 bits per heavy atom. The number of aromatic nitrogens is 1. The van der Waals surface area contributed by atoms with Gasteiger partial charge in [-0.05, 0) is 42.8 Å². The summed E-state index contributed by atoms with van der Waals surface area (Å²) in [5.74, 6) is -0.412. The predicted octanol–water partition coefficient (Wildman–Crippen LogP) is 4.17. The molecule has 2 aromatic carbocycles. The molecule has 4 aromatic rings. The van der Waals surface area contributed by atoms with Gasteiger partial charge in [0.05, 0.1) is 17.5 Å². The van der Waals surface area contributed by atoms with Crippen LogP contribution in [0.3, 0.4) is 0 Å². The Bertz CT molecular complexity index is 1210. The lowest BCUT2D eigenvalue weighted by Gasteiger charge is -2.07. The number of hydrogen-bond acceptors (Lipinski definition) is 4. The zero-order valence-corrected chi connectivity index (χ0v) is 15.6. The van der Waals surface area contributed by atoms with Crippen LogP contribution in [0.15, 0.2) is 82.6 Å². The van der Waals surface area contributed by atoms with Crippen LogP contribution in [-0.4, -0.2) is 22.5 Å². The second-order valence-corrected chi connectivity index (χ2v) is 6.40. The summed E-state index contributed by atoms with van der Waals surface area (Å²) in [6.07, 6.45) is 3.11. The molecule has 0 atom stereocenters. The molecule has 0 fully saturated rings. The van der Waals surface area contributed by atoms with Crippen LogP contribution in [-0.2, 0) is 0 Å². The molecule has 0 aliphatic heterocycles. The van der Waals surface area contributed by atoms with Gasteiger partial charge < -0.3 is 14.7 Å². The van der Waals surface area contributed by atoms with Gasteiger partial charge in [-0.2, -0.15) is 5.10 Å². The number of hydrogen-bond donors (Lipinski definition) is 3. The van der Waals surface area contributed by atoms with Crippen molar-refractivity contribution in [2.45, 2.75) is 6.92 Å². The number of benzene rings is 2. The molecule has 0 aliphatic rings. The van der Waals surface area contributed by atoms with Crippen molar-refractivity contribution in [2.75, 3.05) is 5.32 Å². The number of rotatable bonds is 5. The summed E-state index contributed by atoms with van der Waals surface area (Å²) in [5, 5.41) is 7.80. The van der Waals surface area contributed by atoms with Crippen molar-refractivity contribution in [3.05, 3.63) is 90.0 Å². The van der Waals surface area contributed by atoms with E-state index in [9.17, 15) is 9.59 Å². The molecule has 4 rings (SSSR count). The summed E-state index contributed by atoms with van der Waals surface area (Å²) < 4.78 is 5.09. The van der Waals surface area contributed by atoms with Crippen LogP contribution >= 0.6 is 0 Å². The van der Waals surface area contributed by atoms with Crippen LogP contribution in [0.1, 0.15) is 33.4 Å². The Morgan fingerprint density at radius 2 is 1.86 bits per heavy atom. The van der Waals surface area contributed by atoms with E-state index in [1.54, 1.807) is 43.5 Å². The molecule has 2 heterocycles. The SMILES string of the molecule is C/C(=N/NC(=O)c1c[nH]c2ccccc12)c1cccc(NC(=O)c2ccco2)c1. The number of anilines is 1. The van der Waals surface area contributed by atoms with Gasteiger partial charge >= 0.3 is 0 Å². The topological polar surface area (TPSA) is 99.5 Å². The van der Waals surface area contributed by atoms with E-state index in [0.29, 0.717) is 17.0 Å². The lowest BCUT2D eigenvalue weighted by molar-refractivity contribution is 0.0955. The summed E-state index contributed by atoms with van der Waals surface area (Å²) in [5.41, 5.74) is 5.96. The van der Waals surface area contributed by atoms with E-state index < -0.39 is 0 Å². The van der Waals surface area contributed by atoms with Gasteiger partial charge in [-0.1, -0.05) is 30.3 Å². The van der Waals surface area contributed by atoms with Gasteiger partial charge in [0.2, 0.25) is 0 Å². The number of nitrogens with zero attached hydrogens (tertiary/aromatic N) is 1. The van der Waals surface area contributed by atoms with E-state index in [4.69, 9.17) is 4.42 Å². The highest BCUT2D eigenvalue weighted by atomic mass is 16.3. The smallest absolute Gasteiger partial charge is 0.291 e. The third kappa shape index (κ3) is 3.93. The van der Waals surface area contributed by atoms with Crippen molar-refractivity contribution in [1.29, 1.82) is 0 Å². The molecule has 0 radical (unpaired) electrons. The third-order valence-electron chi connectivity index (χ3n) is 4.44. The first kappa shape index (κ1) is 18.2. The minimum Gasteiger partial charge on any atom is -0.459 e. The zero-order chi connectivity index (χ0) is 20.2. The number of amides is 2. The van der Waals surface area contributed by atoms with Crippen LogP contribution < -0.4 is 10.7 Å². The second-order valence-electron chi connectivity index (χ2n) is 6.40. The van der Waals surface area contributed by atoms with Gasteiger partial charge in [-0.3, -0.25) is 9.59 Å². The standard InChI is InChI=1S/C22H18N4O3/c1-14(25-26-21(27)18-13-23-19-9-3-2-8-17(18)19)15-6-4-7-16(12-15)24-22(28)20-10-5-11-29-20/h2-13,23H,1H3,(H,24,28)(H,26,27)/b25-14-. The Kier molecular flexibility index (Phi) is 4.94. The molecule has 0 unspecified atom stereocenters. The highest BCUT2D eigenvalue weighted by molar-refractivity contribution is 6.08. The van der Waals surface area contributed by atoms with E-state index in [-0.39, 0.29) is 17.6 Å². The molecule has 0 bridgehead atoms. The average Bonchev–Trinajstić information content (AvgIpc) is 3.42. The zero-order valence-electron chi connectivity index (χ0n) is 15.6. The average molecular weight is 386 g/mol. The minimum absolute atomic E-state index is 0.229. The Morgan fingerprint density at radius 1 is 1.00 bits per heavy atom. The summed E-state index contributed by atoms with van der Waals surface area (Å²) in [6.45, 7) is 1.78. The number of fused-ring (bicyclic) bond motifs is 1. The van der Waals surface area contributed by atoms with Gasteiger partial charge in [0.1, 0.15) is 0 Å². The summed E-state index contributed by atoms with van der Waals surface area (Å²) >= 11 is 0. The maximum Gasteiger partial charge on any atom is 0.291 e. The predicted molar refractivity (Wildman–Crippen MR) is 111 cm³/mol. The Hall–Kier alpha value is -4.13. The molecule has 7 heteroatoms. The fourth-order valence-corrected chi connectivity index (χ4v) is 2.94. The number of hydrazone groups is 1. The molecule has 0 spiro atoms. The number of carbonyl (C=O) groups is 2. The van der Waals surface area contributed by atoms with Crippen LogP contribution in [0.2, 0.25) is 0 Å². The van der Waals surface area contributed by atoms with Crippen molar-refractivity contribution >= 4 is 34.1 Å². The maximum absolute atomic E-state index is 12.5. The van der Waals surface area contributed by atoms with Gasteiger partial charge in [-0.15, -0.1) is 0 Å². The van der Waals surface area contributed by atoms with Crippen LogP contribution in [0.5, 0.6) is 0 Å². The number of furan rings is 1. The Labute approximate surface area is 166 Å². The van der Waals surface area contributed by atoms with Gasteiger partial charge in [0.25, 0.3) is 11.8 Å². The normalized spacial score (nSPS) is 11.4. The van der Waals surface area contributed by atoms with E-state index in [0.717, 1.165) is 16.5 Å². The first-order chi connectivity index (χ1) is 14.1. The van der Waals surface area contributed by atoms with Crippen molar-refractivity contribution in [1.82, 2.24) is 10.4 Å². The summed E-state index contributed by atoms with van der Waals surface area (Å²) in [4.78, 5) is 27.7. The monoisotopic (exact) mass is 386 g/mol. The molecular weight excluding hydrogens is 368 g/mol. The van der Waals surface area contributed by atoms with Gasteiger partial charge in [0, 0.05) is 22.8 Å². The molecule has 0 aliphatic carbocycles. The summed E-state index contributed by atoms with van der Waals surface area (Å²) in [7, 11) is 0. The fraction of sp³-hybridized carbons (Fsp3) is 0.0455. The summed E-state index contributed by atoms with van der Waals surface area (Å²) in [6, 6.07) is 18.0. The molecule has 7 nitrogen and oxygen atoms in total. The number of nitrogens with one attached hydrogen (secondary N) is 3. The molecular formula is C22H18N4O3. The van der Waals surface area contributed by atoms with Crippen molar-refractivity contribution in [3.8, 4) is 0 Å². The number of para-hydroxylation sites is 1. The molecule has 2 amide bonds. The van der Waals surface area contributed by atoms with Crippen molar-refractivity contribution < 1.29 is 14.0 Å². The molecule has 0 saturated heterocycles. The maximum atomic E-state index is 12.5. The van der Waals surface area contributed by atoms with Gasteiger partial charge in [-0.25, -0.2) is 5.43 Å². The third-order valence-corrected chi connectivity index (χ3v) is 4.44. The number of H-pyrrole nitrogens is 1. The van der Waals surface area contributed by atoms with E-state index in [1.807, 2.05) is 30.3 Å². The first-order valence-electron chi connectivity index (χ1n) is 8.98. The molecule has 0 saturated carbocycles. The number of aromatic amines is 1. The molecule has 144 valence electrons. The van der Waals surface area contributed by atoms with Crippen LogP contribution in [0, 0.1) is 0 Å². The van der Waals surface area contributed by atoms with Crippen molar-refractivity contribution in [2.24, 2.45) is 5.10 Å². The van der Waals surface area contributed by atoms with Gasteiger partial charge in [0.15, 0.2) is 5.76 Å². The first-order valence-corrected chi connectivity index (χ1v) is 8.98. The lowest BCUT2D eigenvalue weighted by Crippen LogP contribution is -2.19. The quantitative estimate of drug-likeness (QED) is 0.355. The van der Waals surface area contributed by atoms with E-state index >= 15 is 0 Å². The second kappa shape index (κ2) is 7.85. The van der Waals surface area contributed by atoms with Crippen LogP contribution in [0.4, 0.5) is 5.69 Å². The molecule has 2 aromatic heterocycles. The molecule has 3 N–H and O–H groups in total. The highest BCUT2D eigenvalue weighted by Gasteiger charge is 2.12. The van der Waals surface area contributed by atoms with Crippen LogP contribution in [0.25, 0.3) is 10.9 Å². The minimum atomic E-state index is -0.339.